The van der Waals surface area contributed by atoms with E-state index >= 15 is 0 Å². The smallest absolute Gasteiger partial charge is 0.254 e. The Hall–Kier alpha value is -2.89. The van der Waals surface area contributed by atoms with E-state index in [2.05, 4.69) is 10.1 Å². The maximum Gasteiger partial charge on any atom is 0.254 e. The number of amides is 1. The van der Waals surface area contributed by atoms with Crippen molar-refractivity contribution >= 4 is 16.9 Å². The van der Waals surface area contributed by atoms with Gasteiger partial charge in [0.25, 0.3) is 5.91 Å². The lowest BCUT2D eigenvalue weighted by molar-refractivity contribution is 0.0743. The van der Waals surface area contributed by atoms with Gasteiger partial charge in [-0.25, -0.2) is 4.98 Å². The summed E-state index contributed by atoms with van der Waals surface area (Å²) in [6, 6.07) is 9.46. The molecule has 1 atom stereocenters. The second-order valence-electron chi connectivity index (χ2n) is 6.55. The van der Waals surface area contributed by atoms with Gasteiger partial charge in [0.1, 0.15) is 5.75 Å². The van der Waals surface area contributed by atoms with Gasteiger partial charge in [-0.3, -0.25) is 9.48 Å². The lowest BCUT2D eigenvalue weighted by Gasteiger charge is -2.27. The van der Waals surface area contributed by atoms with Crippen molar-refractivity contribution in [1.82, 2.24) is 19.7 Å². The minimum Gasteiger partial charge on any atom is -0.496 e. The number of carbonyl (C=O) groups is 1. The minimum absolute atomic E-state index is 0.0602. The Balaban J connectivity index is 2.05. The van der Waals surface area contributed by atoms with Crippen LogP contribution in [0.1, 0.15) is 40.3 Å². The van der Waals surface area contributed by atoms with Crippen LogP contribution in [-0.4, -0.2) is 39.7 Å². The zero-order chi connectivity index (χ0) is 19.0. The SMILES string of the molecule is COc1ccccc1C(C)N(C)C(=O)c1cc(C)nc2c1c(C)nn2C. The fourth-order valence-electron chi connectivity index (χ4n) is 3.32. The summed E-state index contributed by atoms with van der Waals surface area (Å²) in [4.78, 5) is 19.6. The highest BCUT2D eigenvalue weighted by Crippen LogP contribution is 2.30. The lowest BCUT2D eigenvalue weighted by atomic mass is 10.0. The van der Waals surface area contributed by atoms with Crippen LogP contribution in [0.25, 0.3) is 11.0 Å². The summed E-state index contributed by atoms with van der Waals surface area (Å²) < 4.78 is 7.17. The van der Waals surface area contributed by atoms with Crippen LogP contribution in [0.4, 0.5) is 0 Å². The van der Waals surface area contributed by atoms with E-state index in [4.69, 9.17) is 4.74 Å². The van der Waals surface area contributed by atoms with E-state index in [1.807, 2.05) is 65.2 Å². The van der Waals surface area contributed by atoms with Crippen LogP contribution >= 0.6 is 0 Å². The summed E-state index contributed by atoms with van der Waals surface area (Å²) in [7, 11) is 5.30. The standard InChI is InChI=1S/C20H24N4O2/c1-12-11-16(18-13(2)22-24(5)19(18)21-12)20(25)23(4)14(3)15-9-7-8-10-17(15)26-6/h7-11,14H,1-6H3. The summed E-state index contributed by atoms with van der Waals surface area (Å²) in [5.41, 5.74) is 3.92. The molecule has 0 aliphatic heterocycles. The Morgan fingerprint density at radius 2 is 1.96 bits per heavy atom. The average Bonchev–Trinajstić information content (AvgIpc) is 2.92. The molecule has 0 fully saturated rings. The summed E-state index contributed by atoms with van der Waals surface area (Å²) >= 11 is 0. The molecule has 136 valence electrons. The van der Waals surface area contributed by atoms with E-state index in [-0.39, 0.29) is 11.9 Å². The predicted molar refractivity (Wildman–Crippen MR) is 101 cm³/mol. The second-order valence-corrected chi connectivity index (χ2v) is 6.55. The van der Waals surface area contributed by atoms with E-state index in [0.29, 0.717) is 5.56 Å². The zero-order valence-electron chi connectivity index (χ0n) is 16.1. The first kappa shape index (κ1) is 17.9. The largest absolute Gasteiger partial charge is 0.496 e. The molecule has 0 bridgehead atoms. The summed E-state index contributed by atoms with van der Waals surface area (Å²) in [5.74, 6) is 0.711. The van der Waals surface area contributed by atoms with Crippen molar-refractivity contribution < 1.29 is 9.53 Å². The van der Waals surface area contributed by atoms with E-state index in [1.54, 1.807) is 16.7 Å². The highest BCUT2D eigenvalue weighted by molar-refractivity contribution is 6.06. The number of pyridine rings is 1. The molecule has 6 nitrogen and oxygen atoms in total. The number of fused-ring (bicyclic) bond motifs is 1. The molecule has 1 unspecified atom stereocenters. The van der Waals surface area contributed by atoms with E-state index in [0.717, 1.165) is 33.7 Å². The van der Waals surface area contributed by atoms with Crippen molar-refractivity contribution in [2.75, 3.05) is 14.2 Å². The van der Waals surface area contributed by atoms with Crippen molar-refractivity contribution in [3.05, 3.63) is 52.8 Å². The van der Waals surface area contributed by atoms with Crippen molar-refractivity contribution in [2.24, 2.45) is 7.05 Å². The van der Waals surface area contributed by atoms with Crippen LogP contribution in [0, 0.1) is 13.8 Å². The third-order valence-electron chi connectivity index (χ3n) is 4.82. The predicted octanol–water partition coefficient (Wildman–Crippen LogP) is 3.43. The maximum atomic E-state index is 13.3. The molecule has 6 heteroatoms. The molecular formula is C20H24N4O2. The number of ether oxygens (including phenoxy) is 1. The number of nitrogens with zero attached hydrogens (tertiary/aromatic N) is 4. The number of aryl methyl sites for hydroxylation is 3. The van der Waals surface area contributed by atoms with Crippen LogP contribution in [0.2, 0.25) is 0 Å². The van der Waals surface area contributed by atoms with E-state index in [9.17, 15) is 4.79 Å². The Bertz CT molecular complexity index is 977. The molecule has 0 aliphatic carbocycles. The fourth-order valence-corrected chi connectivity index (χ4v) is 3.32. The highest BCUT2D eigenvalue weighted by Gasteiger charge is 2.25. The van der Waals surface area contributed by atoms with Gasteiger partial charge in [0.2, 0.25) is 0 Å². The van der Waals surface area contributed by atoms with Crippen molar-refractivity contribution in [3.8, 4) is 5.75 Å². The first-order valence-corrected chi connectivity index (χ1v) is 8.56. The van der Waals surface area contributed by atoms with Gasteiger partial charge in [-0.1, -0.05) is 18.2 Å². The first-order chi connectivity index (χ1) is 12.3. The number of rotatable bonds is 4. The number of para-hydroxylation sites is 1. The normalized spacial score (nSPS) is 12.2. The summed E-state index contributed by atoms with van der Waals surface area (Å²) in [6.45, 7) is 5.79. The third kappa shape index (κ3) is 2.92. The van der Waals surface area contributed by atoms with Gasteiger partial charge in [-0.2, -0.15) is 5.10 Å². The molecule has 0 radical (unpaired) electrons. The Morgan fingerprint density at radius 3 is 2.65 bits per heavy atom. The van der Waals surface area contributed by atoms with Gasteiger partial charge in [0.15, 0.2) is 5.65 Å². The average molecular weight is 352 g/mol. The summed E-state index contributed by atoms with van der Waals surface area (Å²) in [6.07, 6.45) is 0. The molecule has 0 aliphatic rings. The molecule has 0 saturated heterocycles. The van der Waals surface area contributed by atoms with Crippen LogP contribution in [0.5, 0.6) is 5.75 Å². The molecule has 0 saturated carbocycles. The van der Waals surface area contributed by atoms with Crippen LogP contribution in [0.3, 0.4) is 0 Å². The maximum absolute atomic E-state index is 13.3. The van der Waals surface area contributed by atoms with E-state index in [1.165, 1.54) is 0 Å². The van der Waals surface area contributed by atoms with Gasteiger partial charge in [-0.15, -0.1) is 0 Å². The second kappa shape index (κ2) is 6.78. The molecule has 0 N–H and O–H groups in total. The minimum atomic E-state index is -0.140. The highest BCUT2D eigenvalue weighted by atomic mass is 16.5. The van der Waals surface area contributed by atoms with Crippen LogP contribution in [-0.2, 0) is 7.05 Å². The topological polar surface area (TPSA) is 60.2 Å². The third-order valence-corrected chi connectivity index (χ3v) is 4.82. The van der Waals surface area contributed by atoms with Crippen LogP contribution < -0.4 is 4.74 Å². The van der Waals surface area contributed by atoms with Gasteiger partial charge in [-0.05, 0) is 32.9 Å². The van der Waals surface area contributed by atoms with Crippen molar-refractivity contribution in [2.45, 2.75) is 26.8 Å². The van der Waals surface area contributed by atoms with Crippen molar-refractivity contribution in [1.29, 1.82) is 0 Å². The molecule has 1 aromatic carbocycles. The van der Waals surface area contributed by atoms with Crippen LogP contribution in [0.15, 0.2) is 30.3 Å². The fraction of sp³-hybridized carbons (Fsp3) is 0.350. The lowest BCUT2D eigenvalue weighted by Crippen LogP contribution is -2.30. The Labute approximate surface area is 153 Å². The zero-order valence-corrected chi connectivity index (χ0v) is 16.1. The molecule has 1 amide bonds. The molecule has 2 heterocycles. The number of aromatic nitrogens is 3. The van der Waals surface area contributed by atoms with E-state index < -0.39 is 0 Å². The monoisotopic (exact) mass is 352 g/mol. The number of methoxy groups -OCH3 is 1. The quantitative estimate of drug-likeness (QED) is 0.722. The number of hydrogen-bond donors (Lipinski definition) is 0. The Morgan fingerprint density at radius 1 is 1.27 bits per heavy atom. The van der Waals surface area contributed by atoms with Gasteiger partial charge < -0.3 is 9.64 Å². The molecule has 26 heavy (non-hydrogen) atoms. The molecular weight excluding hydrogens is 328 g/mol. The van der Waals surface area contributed by atoms with Gasteiger partial charge >= 0.3 is 0 Å². The summed E-state index contributed by atoms with van der Waals surface area (Å²) in [5, 5.41) is 5.24. The molecule has 2 aromatic heterocycles. The van der Waals surface area contributed by atoms with Gasteiger partial charge in [0.05, 0.1) is 29.8 Å². The first-order valence-electron chi connectivity index (χ1n) is 8.56. The number of carbonyl (C=O) groups excluding carboxylic acids is 1. The number of benzene rings is 1. The molecule has 0 spiro atoms. The molecule has 3 rings (SSSR count). The van der Waals surface area contributed by atoms with Crippen molar-refractivity contribution in [3.63, 3.8) is 0 Å². The number of hydrogen-bond acceptors (Lipinski definition) is 4. The van der Waals surface area contributed by atoms with Gasteiger partial charge in [0, 0.05) is 25.4 Å². The Kier molecular flexibility index (Phi) is 4.68. The molecule has 3 aromatic rings.